The highest BCUT2D eigenvalue weighted by Crippen LogP contribution is 2.27. The summed E-state index contributed by atoms with van der Waals surface area (Å²) in [6.45, 7) is 6.21. The van der Waals surface area contributed by atoms with Gasteiger partial charge in [0.25, 0.3) is 0 Å². The number of aliphatic hydroxyl groups is 1. The zero-order valence-electron chi connectivity index (χ0n) is 13.6. The molecule has 0 bridgehead atoms. The van der Waals surface area contributed by atoms with Gasteiger partial charge in [-0.3, -0.25) is 14.6 Å². The van der Waals surface area contributed by atoms with Gasteiger partial charge in [0.15, 0.2) is 0 Å². The Bertz CT molecular complexity index is 407. The largest absolute Gasteiger partial charge is 0.395 e. The number of amides is 1. The van der Waals surface area contributed by atoms with Crippen molar-refractivity contribution < 1.29 is 9.90 Å². The predicted molar refractivity (Wildman–Crippen MR) is 84.1 cm³/mol. The highest BCUT2D eigenvalue weighted by molar-refractivity contribution is 5.82. The molecule has 0 spiro atoms. The third-order valence-corrected chi connectivity index (χ3v) is 5.03. The van der Waals surface area contributed by atoms with Gasteiger partial charge in [-0.05, 0) is 19.8 Å². The summed E-state index contributed by atoms with van der Waals surface area (Å²) >= 11 is 0. The molecule has 1 unspecified atom stereocenters. The highest BCUT2D eigenvalue weighted by atomic mass is 16.3. The Morgan fingerprint density at radius 1 is 1.27 bits per heavy atom. The Morgan fingerprint density at radius 2 is 1.91 bits per heavy atom. The molecule has 1 heterocycles. The molecule has 1 aliphatic heterocycles. The second-order valence-electron chi connectivity index (χ2n) is 6.52. The fourth-order valence-corrected chi connectivity index (χ4v) is 3.44. The second-order valence-corrected chi connectivity index (χ2v) is 6.52. The SMILES string of the molecule is CC(C(=O)NC1(C#N)CCCCC1)N1CCN(CCO)CC1. The number of aliphatic hydroxyl groups excluding tert-OH is 1. The van der Waals surface area contributed by atoms with E-state index in [1.165, 1.54) is 0 Å². The second kappa shape index (κ2) is 7.91. The molecule has 2 aliphatic rings. The van der Waals surface area contributed by atoms with Crippen molar-refractivity contribution in [2.24, 2.45) is 0 Å². The van der Waals surface area contributed by atoms with E-state index >= 15 is 0 Å². The average molecular weight is 308 g/mol. The Labute approximate surface area is 133 Å². The molecule has 0 aromatic rings. The maximum absolute atomic E-state index is 12.5. The van der Waals surface area contributed by atoms with E-state index in [0.29, 0.717) is 6.54 Å². The van der Waals surface area contributed by atoms with Gasteiger partial charge in [0.05, 0.1) is 18.7 Å². The van der Waals surface area contributed by atoms with Crippen LogP contribution in [0.5, 0.6) is 0 Å². The number of hydrogen-bond acceptors (Lipinski definition) is 5. The van der Waals surface area contributed by atoms with Crippen molar-refractivity contribution in [2.75, 3.05) is 39.3 Å². The van der Waals surface area contributed by atoms with Crippen molar-refractivity contribution in [1.82, 2.24) is 15.1 Å². The van der Waals surface area contributed by atoms with Crippen molar-refractivity contribution >= 4 is 5.91 Å². The summed E-state index contributed by atoms with van der Waals surface area (Å²) in [7, 11) is 0. The average Bonchev–Trinajstić information content (AvgIpc) is 2.56. The van der Waals surface area contributed by atoms with Gasteiger partial charge in [-0.15, -0.1) is 0 Å². The first kappa shape index (κ1) is 17.2. The van der Waals surface area contributed by atoms with Crippen LogP contribution in [0.1, 0.15) is 39.0 Å². The van der Waals surface area contributed by atoms with E-state index in [1.54, 1.807) is 0 Å². The summed E-state index contributed by atoms with van der Waals surface area (Å²) in [5, 5.41) is 21.5. The summed E-state index contributed by atoms with van der Waals surface area (Å²) in [5.41, 5.74) is -0.650. The Morgan fingerprint density at radius 3 is 2.45 bits per heavy atom. The first-order valence-electron chi connectivity index (χ1n) is 8.41. The lowest BCUT2D eigenvalue weighted by molar-refractivity contribution is -0.128. The standard InChI is InChI=1S/C16H28N4O2/c1-14(20-9-7-19(8-10-20)11-12-21)15(22)18-16(13-17)5-3-2-4-6-16/h14,21H,2-12H2,1H3,(H,18,22). The molecule has 0 aromatic heterocycles. The number of carbonyl (C=O) groups is 1. The minimum absolute atomic E-state index is 0.0286. The first-order chi connectivity index (χ1) is 10.6. The van der Waals surface area contributed by atoms with Crippen LogP contribution in [0.15, 0.2) is 0 Å². The van der Waals surface area contributed by atoms with Crippen molar-refractivity contribution in [3.63, 3.8) is 0 Å². The number of nitrogens with zero attached hydrogens (tertiary/aromatic N) is 3. The maximum atomic E-state index is 12.5. The molecule has 2 fully saturated rings. The van der Waals surface area contributed by atoms with E-state index in [-0.39, 0.29) is 18.6 Å². The third kappa shape index (κ3) is 4.19. The fourth-order valence-electron chi connectivity index (χ4n) is 3.44. The number of piperazine rings is 1. The van der Waals surface area contributed by atoms with Crippen LogP contribution >= 0.6 is 0 Å². The molecule has 6 heteroatoms. The summed E-state index contributed by atoms with van der Waals surface area (Å²) in [5.74, 6) is -0.0286. The van der Waals surface area contributed by atoms with Gasteiger partial charge in [-0.1, -0.05) is 19.3 Å². The molecule has 0 aromatic carbocycles. The topological polar surface area (TPSA) is 79.6 Å². The predicted octanol–water partition coefficient (Wildman–Crippen LogP) is 0.327. The molecule has 2 rings (SSSR count). The Kier molecular flexibility index (Phi) is 6.18. The smallest absolute Gasteiger partial charge is 0.238 e. The minimum atomic E-state index is -0.650. The molecule has 1 atom stereocenters. The first-order valence-corrected chi connectivity index (χ1v) is 8.41. The van der Waals surface area contributed by atoms with Crippen LogP contribution in [-0.2, 0) is 4.79 Å². The molecular formula is C16H28N4O2. The van der Waals surface area contributed by atoms with Gasteiger partial charge < -0.3 is 10.4 Å². The molecule has 2 N–H and O–H groups in total. The van der Waals surface area contributed by atoms with Crippen LogP contribution in [0, 0.1) is 11.3 Å². The molecule has 0 radical (unpaired) electrons. The van der Waals surface area contributed by atoms with Crippen LogP contribution in [0.3, 0.4) is 0 Å². The third-order valence-electron chi connectivity index (χ3n) is 5.03. The zero-order chi connectivity index (χ0) is 16.0. The number of β-amino-alcohol motifs (C(OH)–C–C–N with tert-alkyl or cyclic N) is 1. The number of nitriles is 1. The number of carbonyl (C=O) groups excluding carboxylic acids is 1. The molecule has 1 saturated heterocycles. The van der Waals surface area contributed by atoms with Crippen molar-refractivity contribution in [2.45, 2.75) is 50.6 Å². The molecule has 1 aliphatic carbocycles. The van der Waals surface area contributed by atoms with Crippen molar-refractivity contribution in [3.8, 4) is 6.07 Å². The summed E-state index contributed by atoms with van der Waals surface area (Å²) in [6.07, 6.45) is 4.73. The van der Waals surface area contributed by atoms with Gasteiger partial charge in [-0.2, -0.15) is 5.26 Å². The van der Waals surface area contributed by atoms with E-state index in [9.17, 15) is 10.1 Å². The quantitative estimate of drug-likeness (QED) is 0.765. The van der Waals surface area contributed by atoms with Gasteiger partial charge in [0.1, 0.15) is 5.54 Å². The number of rotatable bonds is 5. The van der Waals surface area contributed by atoms with Crippen LogP contribution in [0.2, 0.25) is 0 Å². The molecule has 22 heavy (non-hydrogen) atoms. The number of hydrogen-bond donors (Lipinski definition) is 2. The highest BCUT2D eigenvalue weighted by Gasteiger charge is 2.36. The van der Waals surface area contributed by atoms with Crippen LogP contribution in [0.4, 0.5) is 0 Å². The van der Waals surface area contributed by atoms with Gasteiger partial charge >= 0.3 is 0 Å². The van der Waals surface area contributed by atoms with Crippen molar-refractivity contribution in [3.05, 3.63) is 0 Å². The Hall–Kier alpha value is -1.16. The lowest BCUT2D eigenvalue weighted by Gasteiger charge is -2.39. The van der Waals surface area contributed by atoms with E-state index < -0.39 is 5.54 Å². The molecule has 1 saturated carbocycles. The fraction of sp³-hybridized carbons (Fsp3) is 0.875. The monoisotopic (exact) mass is 308 g/mol. The van der Waals surface area contributed by atoms with E-state index in [1.807, 2.05) is 6.92 Å². The maximum Gasteiger partial charge on any atom is 0.238 e. The van der Waals surface area contributed by atoms with Gasteiger partial charge in [0, 0.05) is 32.7 Å². The van der Waals surface area contributed by atoms with Gasteiger partial charge in [-0.25, -0.2) is 0 Å². The van der Waals surface area contributed by atoms with Crippen molar-refractivity contribution in [1.29, 1.82) is 5.26 Å². The van der Waals surface area contributed by atoms with E-state index in [0.717, 1.165) is 58.3 Å². The van der Waals surface area contributed by atoms with Crippen LogP contribution in [-0.4, -0.2) is 71.7 Å². The summed E-state index contributed by atoms with van der Waals surface area (Å²) < 4.78 is 0. The minimum Gasteiger partial charge on any atom is -0.395 e. The summed E-state index contributed by atoms with van der Waals surface area (Å²) in [4.78, 5) is 16.9. The van der Waals surface area contributed by atoms with Gasteiger partial charge in [0.2, 0.25) is 5.91 Å². The van der Waals surface area contributed by atoms with E-state index in [2.05, 4.69) is 21.2 Å². The molecule has 1 amide bonds. The van der Waals surface area contributed by atoms with Crippen LogP contribution < -0.4 is 5.32 Å². The summed E-state index contributed by atoms with van der Waals surface area (Å²) in [6, 6.07) is 2.14. The molecule has 124 valence electrons. The molecular weight excluding hydrogens is 280 g/mol. The zero-order valence-corrected chi connectivity index (χ0v) is 13.6. The lowest BCUT2D eigenvalue weighted by atomic mass is 9.82. The Balaban J connectivity index is 1.86. The lowest BCUT2D eigenvalue weighted by Crippen LogP contribution is -2.58. The van der Waals surface area contributed by atoms with E-state index in [4.69, 9.17) is 5.11 Å². The van der Waals surface area contributed by atoms with Crippen LogP contribution in [0.25, 0.3) is 0 Å². The normalized spacial score (nSPS) is 24.4. The molecule has 6 nitrogen and oxygen atoms in total. The number of nitrogens with one attached hydrogen (secondary N) is 1.